The molecule has 0 spiro atoms. The highest BCUT2D eigenvalue weighted by Crippen LogP contribution is 2.31. The standard InChI is InChI=1S/C13H10INO2S/c1-9-8-12(6-7-13(9)15(16)17)18-11-4-2-10(14)3-5-11/h2-8H,1H3. The lowest BCUT2D eigenvalue weighted by molar-refractivity contribution is -0.385. The zero-order valence-electron chi connectivity index (χ0n) is 9.59. The Bertz CT molecular complexity index is 584. The number of aryl methyl sites for hydroxylation is 1. The van der Waals surface area contributed by atoms with Gasteiger partial charge in [-0.25, -0.2) is 0 Å². The van der Waals surface area contributed by atoms with E-state index in [-0.39, 0.29) is 10.6 Å². The summed E-state index contributed by atoms with van der Waals surface area (Å²) >= 11 is 3.87. The maximum Gasteiger partial charge on any atom is 0.272 e. The van der Waals surface area contributed by atoms with Crippen molar-refractivity contribution in [3.05, 3.63) is 61.7 Å². The molecule has 92 valence electrons. The summed E-state index contributed by atoms with van der Waals surface area (Å²) in [5.41, 5.74) is 0.859. The van der Waals surface area contributed by atoms with Crippen LogP contribution >= 0.6 is 34.4 Å². The predicted molar refractivity (Wildman–Crippen MR) is 81.1 cm³/mol. The first kappa shape index (κ1) is 13.4. The molecule has 2 aromatic rings. The summed E-state index contributed by atoms with van der Waals surface area (Å²) in [4.78, 5) is 12.5. The molecule has 0 saturated carbocycles. The van der Waals surface area contributed by atoms with Gasteiger partial charge in [0.2, 0.25) is 0 Å². The van der Waals surface area contributed by atoms with Gasteiger partial charge in [-0.1, -0.05) is 11.8 Å². The second-order valence-corrected chi connectivity index (χ2v) is 6.15. The molecule has 3 nitrogen and oxygen atoms in total. The fraction of sp³-hybridized carbons (Fsp3) is 0.0769. The van der Waals surface area contributed by atoms with Crippen LogP contribution in [0, 0.1) is 20.6 Å². The zero-order chi connectivity index (χ0) is 13.1. The highest BCUT2D eigenvalue weighted by molar-refractivity contribution is 14.1. The van der Waals surface area contributed by atoms with Gasteiger partial charge in [-0.05, 0) is 65.9 Å². The van der Waals surface area contributed by atoms with Crippen molar-refractivity contribution >= 4 is 40.0 Å². The van der Waals surface area contributed by atoms with E-state index in [0.29, 0.717) is 5.56 Å². The third-order valence-electron chi connectivity index (χ3n) is 2.41. The van der Waals surface area contributed by atoms with Gasteiger partial charge in [0.1, 0.15) is 0 Å². The molecule has 0 radical (unpaired) electrons. The van der Waals surface area contributed by atoms with Crippen molar-refractivity contribution in [3.63, 3.8) is 0 Å². The van der Waals surface area contributed by atoms with Crippen molar-refractivity contribution in [3.8, 4) is 0 Å². The largest absolute Gasteiger partial charge is 0.272 e. The SMILES string of the molecule is Cc1cc(Sc2ccc(I)cc2)ccc1[N+](=O)[O-]. The van der Waals surface area contributed by atoms with E-state index in [1.165, 1.54) is 3.57 Å². The summed E-state index contributed by atoms with van der Waals surface area (Å²) in [5, 5.41) is 10.7. The van der Waals surface area contributed by atoms with Crippen molar-refractivity contribution in [1.29, 1.82) is 0 Å². The molecule has 0 aliphatic rings. The first-order chi connectivity index (χ1) is 8.56. The number of nitro benzene ring substituents is 1. The van der Waals surface area contributed by atoms with Crippen molar-refractivity contribution in [1.82, 2.24) is 0 Å². The van der Waals surface area contributed by atoms with Crippen LogP contribution < -0.4 is 0 Å². The Labute approximate surface area is 123 Å². The Morgan fingerprint density at radius 1 is 1.11 bits per heavy atom. The van der Waals surface area contributed by atoms with E-state index in [2.05, 4.69) is 22.6 Å². The molecule has 0 atom stereocenters. The number of halogens is 1. The maximum absolute atomic E-state index is 10.7. The van der Waals surface area contributed by atoms with Crippen LogP contribution in [0.2, 0.25) is 0 Å². The van der Waals surface area contributed by atoms with E-state index in [1.54, 1.807) is 30.8 Å². The zero-order valence-corrected chi connectivity index (χ0v) is 12.6. The second kappa shape index (κ2) is 5.71. The fourth-order valence-electron chi connectivity index (χ4n) is 1.54. The van der Waals surface area contributed by atoms with Crippen LogP contribution in [0.4, 0.5) is 5.69 Å². The summed E-state index contributed by atoms with van der Waals surface area (Å²) in [5.74, 6) is 0. The highest BCUT2D eigenvalue weighted by Gasteiger charge is 2.10. The number of nitro groups is 1. The number of benzene rings is 2. The summed E-state index contributed by atoms with van der Waals surface area (Å²) in [6.07, 6.45) is 0. The van der Waals surface area contributed by atoms with E-state index >= 15 is 0 Å². The summed E-state index contributed by atoms with van der Waals surface area (Å²) in [6.45, 7) is 1.76. The minimum absolute atomic E-state index is 0.168. The van der Waals surface area contributed by atoms with Gasteiger partial charge in [-0.3, -0.25) is 10.1 Å². The van der Waals surface area contributed by atoms with E-state index in [1.807, 2.05) is 30.3 Å². The minimum atomic E-state index is -0.353. The molecule has 0 fully saturated rings. The molecule has 0 N–H and O–H groups in total. The molecular weight excluding hydrogens is 361 g/mol. The number of hydrogen-bond donors (Lipinski definition) is 0. The van der Waals surface area contributed by atoms with Crippen LogP contribution in [0.15, 0.2) is 52.3 Å². The van der Waals surface area contributed by atoms with Gasteiger partial charge >= 0.3 is 0 Å². The Morgan fingerprint density at radius 3 is 2.28 bits per heavy atom. The smallest absolute Gasteiger partial charge is 0.258 e. The summed E-state index contributed by atoms with van der Waals surface area (Å²) < 4.78 is 1.19. The van der Waals surface area contributed by atoms with Crippen LogP contribution in [0.1, 0.15) is 5.56 Å². The van der Waals surface area contributed by atoms with Crippen molar-refractivity contribution in [2.24, 2.45) is 0 Å². The van der Waals surface area contributed by atoms with Crippen LogP contribution in [0.3, 0.4) is 0 Å². The monoisotopic (exact) mass is 371 g/mol. The third-order valence-corrected chi connectivity index (χ3v) is 4.13. The molecule has 0 unspecified atom stereocenters. The van der Waals surface area contributed by atoms with Gasteiger partial charge in [0, 0.05) is 25.0 Å². The number of rotatable bonds is 3. The number of hydrogen-bond acceptors (Lipinski definition) is 3. The van der Waals surface area contributed by atoms with Crippen molar-refractivity contribution in [2.45, 2.75) is 16.7 Å². The van der Waals surface area contributed by atoms with Crippen molar-refractivity contribution < 1.29 is 4.92 Å². The molecule has 0 saturated heterocycles. The average Bonchev–Trinajstić information content (AvgIpc) is 2.32. The van der Waals surface area contributed by atoms with Gasteiger partial charge < -0.3 is 0 Å². The molecular formula is C13H10INO2S. The Morgan fingerprint density at radius 2 is 1.72 bits per heavy atom. The van der Waals surface area contributed by atoms with E-state index in [0.717, 1.165) is 9.79 Å². The van der Waals surface area contributed by atoms with Crippen LogP contribution in [0.25, 0.3) is 0 Å². The summed E-state index contributed by atoms with van der Waals surface area (Å²) in [7, 11) is 0. The first-order valence-electron chi connectivity index (χ1n) is 5.25. The van der Waals surface area contributed by atoms with Crippen LogP contribution in [0.5, 0.6) is 0 Å². The first-order valence-corrected chi connectivity index (χ1v) is 7.14. The lowest BCUT2D eigenvalue weighted by atomic mass is 10.2. The van der Waals surface area contributed by atoms with Gasteiger partial charge in [0.25, 0.3) is 5.69 Å². The topological polar surface area (TPSA) is 43.1 Å². The minimum Gasteiger partial charge on any atom is -0.258 e. The van der Waals surface area contributed by atoms with Crippen LogP contribution in [-0.4, -0.2) is 4.92 Å². The molecule has 0 amide bonds. The summed E-state index contributed by atoms with van der Waals surface area (Å²) in [6, 6.07) is 13.4. The van der Waals surface area contributed by atoms with E-state index in [4.69, 9.17) is 0 Å². The van der Waals surface area contributed by atoms with E-state index in [9.17, 15) is 10.1 Å². The second-order valence-electron chi connectivity index (χ2n) is 3.76. The molecule has 2 aromatic carbocycles. The Hall–Kier alpha value is -1.08. The van der Waals surface area contributed by atoms with Gasteiger partial charge in [-0.15, -0.1) is 0 Å². The molecule has 5 heteroatoms. The Kier molecular flexibility index (Phi) is 4.23. The number of nitrogens with zero attached hydrogens (tertiary/aromatic N) is 1. The Balaban J connectivity index is 2.22. The molecule has 0 bridgehead atoms. The fourth-order valence-corrected chi connectivity index (χ4v) is 2.81. The van der Waals surface area contributed by atoms with Crippen molar-refractivity contribution in [2.75, 3.05) is 0 Å². The third kappa shape index (κ3) is 3.23. The molecule has 0 aliphatic heterocycles. The quantitative estimate of drug-likeness (QED) is 0.448. The molecule has 18 heavy (non-hydrogen) atoms. The highest BCUT2D eigenvalue weighted by atomic mass is 127. The maximum atomic E-state index is 10.7. The lowest BCUT2D eigenvalue weighted by Gasteiger charge is -2.03. The average molecular weight is 371 g/mol. The van der Waals surface area contributed by atoms with Gasteiger partial charge in [0.05, 0.1) is 4.92 Å². The van der Waals surface area contributed by atoms with Gasteiger partial charge in [0.15, 0.2) is 0 Å². The van der Waals surface area contributed by atoms with Gasteiger partial charge in [-0.2, -0.15) is 0 Å². The lowest BCUT2D eigenvalue weighted by Crippen LogP contribution is -1.91. The molecule has 0 aromatic heterocycles. The van der Waals surface area contributed by atoms with Crippen LogP contribution in [-0.2, 0) is 0 Å². The molecule has 0 heterocycles. The molecule has 0 aliphatic carbocycles. The normalized spacial score (nSPS) is 10.3. The van der Waals surface area contributed by atoms with E-state index < -0.39 is 0 Å². The predicted octanol–water partition coefficient (Wildman–Crippen LogP) is 4.66. The molecule has 2 rings (SSSR count).